The van der Waals surface area contributed by atoms with Crippen molar-refractivity contribution in [2.24, 2.45) is 17.8 Å². The summed E-state index contributed by atoms with van der Waals surface area (Å²) < 4.78 is 5.27. The topological polar surface area (TPSA) is 41.6 Å². The number of amides is 1. The van der Waals surface area contributed by atoms with Gasteiger partial charge in [0.2, 0.25) is 5.91 Å². The Morgan fingerprint density at radius 2 is 2.00 bits per heavy atom. The number of nitrogens with one attached hydrogen (secondary N) is 1. The summed E-state index contributed by atoms with van der Waals surface area (Å²) in [6, 6.07) is 0. The molecular formula is C11H18N2O2. The summed E-state index contributed by atoms with van der Waals surface area (Å²) in [5.41, 5.74) is 0. The van der Waals surface area contributed by atoms with Crippen LogP contribution in [0.2, 0.25) is 0 Å². The summed E-state index contributed by atoms with van der Waals surface area (Å²) >= 11 is 0. The van der Waals surface area contributed by atoms with Crippen LogP contribution in [0.5, 0.6) is 0 Å². The van der Waals surface area contributed by atoms with E-state index in [1.165, 1.54) is 0 Å². The molecule has 0 aromatic rings. The summed E-state index contributed by atoms with van der Waals surface area (Å²) in [7, 11) is 0. The van der Waals surface area contributed by atoms with Crippen LogP contribution in [0.25, 0.3) is 0 Å². The standard InChI is InChI=1S/C11H18N2O2/c14-11(8-1-2-15-7-8)13-5-9-3-12-4-10(9)6-13/h8-10,12H,1-7H2. The molecule has 3 aliphatic heterocycles. The first-order valence-electron chi connectivity index (χ1n) is 5.92. The van der Waals surface area contributed by atoms with Crippen molar-refractivity contribution in [3.8, 4) is 0 Å². The van der Waals surface area contributed by atoms with Crippen LogP contribution < -0.4 is 5.32 Å². The highest BCUT2D eigenvalue weighted by atomic mass is 16.5. The molecule has 3 saturated heterocycles. The predicted molar refractivity (Wildman–Crippen MR) is 55.4 cm³/mol. The Bertz CT molecular complexity index is 251. The molecule has 0 aromatic carbocycles. The Balaban J connectivity index is 1.61. The average molecular weight is 210 g/mol. The van der Waals surface area contributed by atoms with Crippen LogP contribution in [0.4, 0.5) is 0 Å². The molecule has 3 heterocycles. The number of hydrogen-bond donors (Lipinski definition) is 1. The van der Waals surface area contributed by atoms with E-state index in [2.05, 4.69) is 10.2 Å². The van der Waals surface area contributed by atoms with Gasteiger partial charge >= 0.3 is 0 Å². The lowest BCUT2D eigenvalue weighted by atomic mass is 10.0. The summed E-state index contributed by atoms with van der Waals surface area (Å²) in [5.74, 6) is 1.89. The minimum Gasteiger partial charge on any atom is -0.381 e. The Hall–Kier alpha value is -0.610. The molecule has 3 atom stereocenters. The van der Waals surface area contributed by atoms with Crippen molar-refractivity contribution in [1.82, 2.24) is 10.2 Å². The van der Waals surface area contributed by atoms with Gasteiger partial charge < -0.3 is 15.0 Å². The van der Waals surface area contributed by atoms with Crippen molar-refractivity contribution in [2.45, 2.75) is 6.42 Å². The molecule has 1 amide bonds. The zero-order chi connectivity index (χ0) is 10.3. The van der Waals surface area contributed by atoms with Crippen molar-refractivity contribution in [2.75, 3.05) is 39.4 Å². The van der Waals surface area contributed by atoms with E-state index in [1.807, 2.05) is 0 Å². The second kappa shape index (κ2) is 3.76. The lowest BCUT2D eigenvalue weighted by Gasteiger charge is -2.20. The molecule has 0 saturated carbocycles. The van der Waals surface area contributed by atoms with Gasteiger partial charge in [0.05, 0.1) is 12.5 Å². The molecule has 3 rings (SSSR count). The van der Waals surface area contributed by atoms with E-state index < -0.39 is 0 Å². The summed E-state index contributed by atoms with van der Waals surface area (Å²) in [6.45, 7) is 5.52. The minimum atomic E-state index is 0.150. The van der Waals surface area contributed by atoms with Gasteiger partial charge in [-0.3, -0.25) is 4.79 Å². The van der Waals surface area contributed by atoms with Gasteiger partial charge in [-0.15, -0.1) is 0 Å². The fourth-order valence-corrected chi connectivity index (χ4v) is 3.02. The summed E-state index contributed by atoms with van der Waals surface area (Å²) in [4.78, 5) is 14.2. The zero-order valence-corrected chi connectivity index (χ0v) is 8.95. The van der Waals surface area contributed by atoms with Gasteiger partial charge in [-0.25, -0.2) is 0 Å². The molecule has 4 nitrogen and oxygen atoms in total. The minimum absolute atomic E-state index is 0.150. The van der Waals surface area contributed by atoms with Gasteiger partial charge in [0.1, 0.15) is 0 Å². The SMILES string of the molecule is O=C(C1CCOC1)N1CC2CNCC2C1. The van der Waals surface area contributed by atoms with Gasteiger partial charge in [-0.2, -0.15) is 0 Å². The highest BCUT2D eigenvalue weighted by molar-refractivity contribution is 5.79. The number of carbonyl (C=O) groups excluding carboxylic acids is 1. The van der Waals surface area contributed by atoms with E-state index in [0.29, 0.717) is 24.3 Å². The summed E-state index contributed by atoms with van der Waals surface area (Å²) in [6.07, 6.45) is 0.920. The van der Waals surface area contributed by atoms with Crippen molar-refractivity contribution in [1.29, 1.82) is 0 Å². The van der Waals surface area contributed by atoms with Gasteiger partial charge in [-0.1, -0.05) is 0 Å². The molecule has 4 heteroatoms. The van der Waals surface area contributed by atoms with Crippen LogP contribution in [0.3, 0.4) is 0 Å². The molecule has 3 fully saturated rings. The maximum absolute atomic E-state index is 12.1. The van der Waals surface area contributed by atoms with E-state index in [-0.39, 0.29) is 5.92 Å². The van der Waals surface area contributed by atoms with E-state index in [4.69, 9.17) is 4.74 Å². The summed E-state index contributed by atoms with van der Waals surface area (Å²) in [5, 5.41) is 3.39. The highest BCUT2D eigenvalue weighted by Crippen LogP contribution is 2.28. The quantitative estimate of drug-likeness (QED) is 0.646. The van der Waals surface area contributed by atoms with Gasteiger partial charge in [0.25, 0.3) is 0 Å². The number of likely N-dealkylation sites (tertiary alicyclic amines) is 1. The first kappa shape index (κ1) is 9.60. The lowest BCUT2D eigenvalue weighted by molar-refractivity contribution is -0.134. The number of ether oxygens (including phenoxy) is 1. The maximum Gasteiger partial charge on any atom is 0.228 e. The molecule has 15 heavy (non-hydrogen) atoms. The lowest BCUT2D eigenvalue weighted by Crippen LogP contribution is -2.36. The Labute approximate surface area is 90.0 Å². The molecule has 0 radical (unpaired) electrons. The third-order valence-electron chi connectivity index (χ3n) is 3.98. The highest BCUT2D eigenvalue weighted by Gasteiger charge is 2.40. The monoisotopic (exact) mass is 210 g/mol. The normalized spacial score (nSPS) is 39.7. The molecular weight excluding hydrogens is 192 g/mol. The second-order valence-electron chi connectivity index (χ2n) is 4.98. The van der Waals surface area contributed by atoms with E-state index in [9.17, 15) is 4.79 Å². The number of carbonyl (C=O) groups is 1. The van der Waals surface area contributed by atoms with Crippen LogP contribution >= 0.6 is 0 Å². The van der Waals surface area contributed by atoms with Crippen molar-refractivity contribution in [3.05, 3.63) is 0 Å². The molecule has 3 aliphatic rings. The van der Waals surface area contributed by atoms with E-state index in [1.54, 1.807) is 0 Å². The largest absolute Gasteiger partial charge is 0.381 e. The molecule has 0 aromatic heterocycles. The van der Waals surface area contributed by atoms with Gasteiger partial charge in [-0.05, 0) is 18.3 Å². The molecule has 84 valence electrons. The maximum atomic E-state index is 12.1. The first-order valence-corrected chi connectivity index (χ1v) is 5.92. The van der Waals surface area contributed by atoms with Crippen molar-refractivity contribution in [3.63, 3.8) is 0 Å². The van der Waals surface area contributed by atoms with Crippen LogP contribution in [0, 0.1) is 17.8 Å². The third-order valence-corrected chi connectivity index (χ3v) is 3.98. The molecule has 0 bridgehead atoms. The average Bonchev–Trinajstić information content (AvgIpc) is 2.92. The van der Waals surface area contributed by atoms with Crippen molar-refractivity contribution >= 4 is 5.91 Å². The predicted octanol–water partition coefficient (Wildman–Crippen LogP) is -0.299. The van der Waals surface area contributed by atoms with Gasteiger partial charge in [0.15, 0.2) is 0 Å². The van der Waals surface area contributed by atoms with Crippen LogP contribution in [-0.2, 0) is 9.53 Å². The molecule has 3 unspecified atom stereocenters. The smallest absolute Gasteiger partial charge is 0.228 e. The van der Waals surface area contributed by atoms with Gasteiger partial charge in [0, 0.05) is 32.8 Å². The Kier molecular flexibility index (Phi) is 2.41. The third kappa shape index (κ3) is 1.66. The number of nitrogens with zero attached hydrogens (tertiary/aromatic N) is 1. The molecule has 0 aliphatic carbocycles. The Morgan fingerprint density at radius 1 is 1.27 bits per heavy atom. The fraction of sp³-hybridized carbons (Fsp3) is 0.909. The van der Waals surface area contributed by atoms with Crippen LogP contribution in [-0.4, -0.2) is 50.2 Å². The second-order valence-corrected chi connectivity index (χ2v) is 4.98. The number of fused-ring (bicyclic) bond motifs is 1. The fourth-order valence-electron chi connectivity index (χ4n) is 3.02. The number of hydrogen-bond acceptors (Lipinski definition) is 3. The molecule has 0 spiro atoms. The molecule has 1 N–H and O–H groups in total. The van der Waals surface area contributed by atoms with E-state index in [0.717, 1.165) is 39.2 Å². The van der Waals surface area contributed by atoms with E-state index >= 15 is 0 Å². The first-order chi connectivity index (χ1) is 7.34. The van der Waals surface area contributed by atoms with Crippen LogP contribution in [0.15, 0.2) is 0 Å². The number of rotatable bonds is 1. The van der Waals surface area contributed by atoms with Crippen molar-refractivity contribution < 1.29 is 9.53 Å². The van der Waals surface area contributed by atoms with Crippen LogP contribution in [0.1, 0.15) is 6.42 Å². The Morgan fingerprint density at radius 3 is 2.60 bits per heavy atom. The zero-order valence-electron chi connectivity index (χ0n) is 8.95.